The van der Waals surface area contributed by atoms with Crippen molar-refractivity contribution in [2.45, 2.75) is 6.04 Å². The van der Waals surface area contributed by atoms with E-state index in [1.54, 1.807) is 6.20 Å². The van der Waals surface area contributed by atoms with Gasteiger partial charge in [0.05, 0.1) is 17.6 Å². The summed E-state index contributed by atoms with van der Waals surface area (Å²) in [6.07, 6.45) is 3.47. The Hall–Kier alpha value is -1.33. The van der Waals surface area contributed by atoms with Gasteiger partial charge in [0.2, 0.25) is 0 Å². The molecule has 3 N–H and O–H groups in total. The van der Waals surface area contributed by atoms with Gasteiger partial charge in [-0.05, 0) is 20.2 Å². The number of likely N-dealkylation sites (N-methyl/N-ethyl adjacent to an activating group) is 2. The maximum absolute atomic E-state index is 5.70. The van der Waals surface area contributed by atoms with Crippen LogP contribution in [-0.4, -0.2) is 61.1 Å². The highest BCUT2D eigenvalue weighted by Crippen LogP contribution is 2.11. The summed E-state index contributed by atoms with van der Waals surface area (Å²) in [5, 5.41) is 3.40. The van der Waals surface area contributed by atoms with Crippen molar-refractivity contribution in [3.63, 3.8) is 0 Å². The van der Waals surface area contributed by atoms with Crippen LogP contribution in [0.3, 0.4) is 0 Å². The zero-order valence-electron chi connectivity index (χ0n) is 10.6. The number of nitrogens with one attached hydrogen (secondary N) is 1. The van der Waals surface area contributed by atoms with Gasteiger partial charge in [0.1, 0.15) is 0 Å². The summed E-state index contributed by atoms with van der Waals surface area (Å²) < 4.78 is 0. The molecular formula is C12H21N5. The van der Waals surface area contributed by atoms with Crippen LogP contribution in [0.25, 0.3) is 0 Å². The summed E-state index contributed by atoms with van der Waals surface area (Å²) in [5.41, 5.74) is 7.39. The van der Waals surface area contributed by atoms with Crippen molar-refractivity contribution < 1.29 is 0 Å². The maximum Gasteiger partial charge on any atom is 0.0547 e. The molecule has 0 radical (unpaired) electrons. The molecule has 1 aromatic rings. The van der Waals surface area contributed by atoms with Crippen LogP contribution in [0.2, 0.25) is 0 Å². The van der Waals surface area contributed by atoms with Gasteiger partial charge in [-0.1, -0.05) is 0 Å². The SMILES string of the molecule is CN1CCN(C)C(CNc2cncc(N)c2)C1. The molecule has 1 aliphatic rings. The van der Waals surface area contributed by atoms with Crippen LogP contribution in [0.1, 0.15) is 0 Å². The van der Waals surface area contributed by atoms with E-state index in [4.69, 9.17) is 5.73 Å². The van der Waals surface area contributed by atoms with Crippen molar-refractivity contribution in [3.8, 4) is 0 Å². The molecule has 5 heteroatoms. The van der Waals surface area contributed by atoms with Crippen molar-refractivity contribution in [2.75, 3.05) is 51.3 Å². The first-order valence-electron chi connectivity index (χ1n) is 5.98. The Morgan fingerprint density at radius 1 is 1.41 bits per heavy atom. The average molecular weight is 235 g/mol. The van der Waals surface area contributed by atoms with Gasteiger partial charge in [0, 0.05) is 38.4 Å². The third kappa shape index (κ3) is 3.31. The Morgan fingerprint density at radius 2 is 2.24 bits per heavy atom. The van der Waals surface area contributed by atoms with Gasteiger partial charge < -0.3 is 16.0 Å². The standard InChI is InChI=1S/C12H21N5/c1-16-3-4-17(2)12(9-16)8-15-11-5-10(13)6-14-7-11/h5-7,12,15H,3-4,8-9,13H2,1-2H3. The quantitative estimate of drug-likeness (QED) is 0.790. The van der Waals surface area contributed by atoms with Crippen LogP contribution in [0.4, 0.5) is 11.4 Å². The minimum absolute atomic E-state index is 0.537. The number of anilines is 2. The van der Waals surface area contributed by atoms with E-state index in [1.165, 1.54) is 0 Å². The predicted octanol–water partition coefficient (Wildman–Crippen LogP) is 0.322. The maximum atomic E-state index is 5.70. The predicted molar refractivity (Wildman–Crippen MR) is 71.1 cm³/mol. The lowest BCUT2D eigenvalue weighted by Gasteiger charge is -2.37. The topological polar surface area (TPSA) is 57.4 Å². The van der Waals surface area contributed by atoms with Gasteiger partial charge in [-0.2, -0.15) is 0 Å². The van der Waals surface area contributed by atoms with Crippen LogP contribution in [-0.2, 0) is 0 Å². The number of nitrogen functional groups attached to an aromatic ring is 1. The second kappa shape index (κ2) is 5.33. The number of aromatic nitrogens is 1. The highest BCUT2D eigenvalue weighted by atomic mass is 15.3. The normalized spacial score (nSPS) is 22.6. The minimum Gasteiger partial charge on any atom is -0.397 e. The van der Waals surface area contributed by atoms with Gasteiger partial charge in [-0.3, -0.25) is 9.88 Å². The monoisotopic (exact) mass is 235 g/mol. The lowest BCUT2D eigenvalue weighted by Crippen LogP contribution is -2.52. The first-order valence-corrected chi connectivity index (χ1v) is 5.98. The molecule has 2 heterocycles. The molecule has 0 bridgehead atoms. The summed E-state index contributed by atoms with van der Waals surface area (Å²) in [7, 11) is 4.35. The number of hydrogen-bond donors (Lipinski definition) is 2. The van der Waals surface area contributed by atoms with Gasteiger partial charge in [-0.25, -0.2) is 0 Å². The van der Waals surface area contributed by atoms with Crippen molar-refractivity contribution in [1.82, 2.24) is 14.8 Å². The molecule has 2 rings (SSSR count). The highest BCUT2D eigenvalue weighted by Gasteiger charge is 2.21. The summed E-state index contributed by atoms with van der Waals surface area (Å²) in [6, 6.07) is 2.45. The minimum atomic E-state index is 0.537. The molecule has 1 saturated heterocycles. The third-order valence-electron chi connectivity index (χ3n) is 3.28. The lowest BCUT2D eigenvalue weighted by molar-refractivity contribution is 0.122. The molecule has 1 aliphatic heterocycles. The number of rotatable bonds is 3. The van der Waals surface area contributed by atoms with Gasteiger partial charge >= 0.3 is 0 Å². The summed E-state index contributed by atoms with van der Waals surface area (Å²) >= 11 is 0. The fourth-order valence-corrected chi connectivity index (χ4v) is 2.11. The zero-order valence-corrected chi connectivity index (χ0v) is 10.6. The number of piperazine rings is 1. The fourth-order valence-electron chi connectivity index (χ4n) is 2.11. The van der Waals surface area contributed by atoms with Crippen LogP contribution in [0, 0.1) is 0 Å². The molecule has 0 saturated carbocycles. The smallest absolute Gasteiger partial charge is 0.0547 e. The Labute approximate surface area is 103 Å². The van der Waals surface area contributed by atoms with Crippen LogP contribution >= 0.6 is 0 Å². The number of nitrogens with two attached hydrogens (primary N) is 1. The van der Waals surface area contributed by atoms with E-state index in [9.17, 15) is 0 Å². The zero-order chi connectivity index (χ0) is 12.3. The van der Waals surface area contributed by atoms with Crippen LogP contribution in [0.15, 0.2) is 18.5 Å². The van der Waals surface area contributed by atoms with E-state index in [-0.39, 0.29) is 0 Å². The van der Waals surface area contributed by atoms with Gasteiger partial charge in [0.25, 0.3) is 0 Å². The van der Waals surface area contributed by atoms with Crippen LogP contribution < -0.4 is 11.1 Å². The van der Waals surface area contributed by atoms with E-state index in [2.05, 4.69) is 34.2 Å². The Bertz CT molecular complexity index is 368. The number of nitrogens with zero attached hydrogens (tertiary/aromatic N) is 3. The van der Waals surface area contributed by atoms with E-state index in [1.807, 2.05) is 12.3 Å². The molecule has 1 aromatic heterocycles. The molecule has 1 atom stereocenters. The average Bonchev–Trinajstić information content (AvgIpc) is 2.30. The first kappa shape index (κ1) is 12.1. The Balaban J connectivity index is 1.88. The molecule has 5 nitrogen and oxygen atoms in total. The van der Waals surface area contributed by atoms with Gasteiger partial charge in [0.15, 0.2) is 0 Å². The first-order chi connectivity index (χ1) is 8.15. The molecule has 0 aliphatic carbocycles. The molecule has 0 spiro atoms. The summed E-state index contributed by atoms with van der Waals surface area (Å²) in [6.45, 7) is 4.29. The van der Waals surface area contributed by atoms with E-state index in [0.717, 1.165) is 31.9 Å². The molecule has 0 amide bonds. The molecule has 17 heavy (non-hydrogen) atoms. The van der Waals surface area contributed by atoms with Gasteiger partial charge in [-0.15, -0.1) is 0 Å². The van der Waals surface area contributed by atoms with E-state index in [0.29, 0.717) is 11.7 Å². The van der Waals surface area contributed by atoms with E-state index < -0.39 is 0 Å². The highest BCUT2D eigenvalue weighted by molar-refractivity contribution is 5.51. The second-order valence-electron chi connectivity index (χ2n) is 4.78. The Kier molecular flexibility index (Phi) is 3.81. The largest absolute Gasteiger partial charge is 0.397 e. The van der Waals surface area contributed by atoms with Crippen molar-refractivity contribution >= 4 is 11.4 Å². The van der Waals surface area contributed by atoms with Crippen molar-refractivity contribution in [1.29, 1.82) is 0 Å². The Morgan fingerprint density at radius 3 is 3.00 bits per heavy atom. The molecule has 0 aromatic carbocycles. The second-order valence-corrected chi connectivity index (χ2v) is 4.78. The van der Waals surface area contributed by atoms with Crippen molar-refractivity contribution in [3.05, 3.63) is 18.5 Å². The molecule has 1 unspecified atom stereocenters. The third-order valence-corrected chi connectivity index (χ3v) is 3.28. The summed E-state index contributed by atoms with van der Waals surface area (Å²) in [4.78, 5) is 8.83. The van der Waals surface area contributed by atoms with Crippen molar-refractivity contribution in [2.24, 2.45) is 0 Å². The van der Waals surface area contributed by atoms with E-state index >= 15 is 0 Å². The fraction of sp³-hybridized carbons (Fsp3) is 0.583. The molecule has 94 valence electrons. The molecule has 1 fully saturated rings. The summed E-state index contributed by atoms with van der Waals surface area (Å²) in [5.74, 6) is 0. The molecular weight excluding hydrogens is 214 g/mol. The van der Waals surface area contributed by atoms with Crippen LogP contribution in [0.5, 0.6) is 0 Å². The number of pyridine rings is 1. The lowest BCUT2D eigenvalue weighted by atomic mass is 10.2. The number of hydrogen-bond acceptors (Lipinski definition) is 5.